The van der Waals surface area contributed by atoms with Gasteiger partial charge in [0.1, 0.15) is 17.2 Å². The molecule has 0 aromatic heterocycles. The summed E-state index contributed by atoms with van der Waals surface area (Å²) >= 11 is 0. The van der Waals surface area contributed by atoms with Crippen molar-refractivity contribution in [3.63, 3.8) is 0 Å². The molecule has 37 heavy (non-hydrogen) atoms. The molecule has 0 aliphatic heterocycles. The van der Waals surface area contributed by atoms with E-state index in [0.717, 1.165) is 36.4 Å². The van der Waals surface area contributed by atoms with E-state index in [0.29, 0.717) is 0 Å². The third kappa shape index (κ3) is 8.65. The van der Waals surface area contributed by atoms with Crippen LogP contribution in [-0.2, 0) is 24.0 Å². The van der Waals surface area contributed by atoms with Crippen molar-refractivity contribution in [1.82, 2.24) is 0 Å². The van der Waals surface area contributed by atoms with Crippen LogP contribution >= 0.6 is 0 Å². The van der Waals surface area contributed by atoms with Crippen LogP contribution in [0.4, 0.5) is 0 Å². The van der Waals surface area contributed by atoms with E-state index in [4.69, 9.17) is 23.7 Å². The highest BCUT2D eigenvalue weighted by Gasteiger charge is 2.15. The molecule has 10 nitrogen and oxygen atoms in total. The predicted molar refractivity (Wildman–Crippen MR) is 131 cm³/mol. The molecule has 0 fully saturated rings. The van der Waals surface area contributed by atoms with Gasteiger partial charge in [0, 0.05) is 48.1 Å². The minimum Gasteiger partial charge on any atom is -0.423 e. The minimum absolute atomic E-state index is 0.00183. The number of esters is 5. The van der Waals surface area contributed by atoms with Crippen LogP contribution in [0.1, 0.15) is 5.56 Å². The molecule has 0 aliphatic rings. The van der Waals surface area contributed by atoms with Gasteiger partial charge in [0.05, 0.1) is 0 Å². The van der Waals surface area contributed by atoms with Gasteiger partial charge >= 0.3 is 29.8 Å². The van der Waals surface area contributed by atoms with Crippen LogP contribution in [0.2, 0.25) is 0 Å². The lowest BCUT2D eigenvalue weighted by Crippen LogP contribution is -2.10. The number of hydrogen-bond acceptors (Lipinski definition) is 10. The number of rotatable bonds is 11. The molecule has 0 aliphatic carbocycles. The average molecular weight is 504 g/mol. The van der Waals surface area contributed by atoms with Gasteiger partial charge in [-0.3, -0.25) is 0 Å². The summed E-state index contributed by atoms with van der Waals surface area (Å²) in [6.45, 7) is 13.2. The fourth-order valence-corrected chi connectivity index (χ4v) is 2.44. The molecule has 0 radical (unpaired) electrons. The van der Waals surface area contributed by atoms with Crippen molar-refractivity contribution in [2.24, 2.45) is 0 Å². The van der Waals surface area contributed by atoms with Crippen LogP contribution in [0.3, 0.4) is 0 Å². The number of carbonyl (C=O) groups excluding carboxylic acids is 5. The maximum Gasteiger partial charge on any atom is 0.336 e. The molecule has 0 unspecified atom stereocenters. The molecule has 0 saturated carbocycles. The van der Waals surface area contributed by atoms with Crippen molar-refractivity contribution in [2.45, 2.75) is 0 Å². The Morgan fingerprint density at radius 2 is 0.946 bits per heavy atom. The van der Waals surface area contributed by atoms with E-state index in [1.807, 2.05) is 0 Å². The van der Waals surface area contributed by atoms with E-state index >= 15 is 0 Å². The topological polar surface area (TPSA) is 132 Å². The van der Waals surface area contributed by atoms with E-state index in [2.05, 4.69) is 26.3 Å². The first-order valence-corrected chi connectivity index (χ1v) is 10.2. The van der Waals surface area contributed by atoms with Crippen molar-refractivity contribution >= 4 is 35.9 Å². The molecule has 2 aromatic carbocycles. The largest absolute Gasteiger partial charge is 0.423 e. The number of ether oxygens (including phenoxy) is 5. The van der Waals surface area contributed by atoms with Crippen molar-refractivity contribution in [3.8, 4) is 28.7 Å². The SMILES string of the molecule is C=CC(=O)Oc1ccc(/C=C/C(=O)Oc2ccc(OC(=O)C=C)cc2OC(=O)C=C)c(OC(=O)C=C)c1. The number of carbonyl (C=O) groups is 5. The molecule has 2 aromatic rings. The minimum atomic E-state index is -0.908. The standard InChI is InChI=1S/C27H20O10/c1-5-23(28)33-18-11-9-17(21(15-18)36-25(30)7-3)10-14-27(32)35-20-13-12-19(34-24(29)6-2)16-22(20)37-26(31)8-4/h5-16H,1-4H2/b14-10+. The molecule has 0 N–H and O–H groups in total. The van der Waals surface area contributed by atoms with Crippen molar-refractivity contribution < 1.29 is 47.7 Å². The second kappa shape index (κ2) is 13.4. The third-order valence-corrected chi connectivity index (χ3v) is 4.03. The summed E-state index contributed by atoms with van der Waals surface area (Å²) in [6.07, 6.45) is 5.96. The fourth-order valence-electron chi connectivity index (χ4n) is 2.44. The zero-order chi connectivity index (χ0) is 27.4. The predicted octanol–water partition coefficient (Wildman–Crippen LogP) is 3.67. The molecule has 0 amide bonds. The highest BCUT2D eigenvalue weighted by Crippen LogP contribution is 2.32. The first kappa shape index (κ1) is 27.7. The molecule has 0 bridgehead atoms. The second-order valence-electron chi connectivity index (χ2n) is 6.56. The summed E-state index contributed by atoms with van der Waals surface area (Å²) in [5, 5.41) is 0. The Kier molecular flexibility index (Phi) is 10.0. The molecule has 0 saturated heterocycles. The molecule has 10 heteroatoms. The molecule has 2 rings (SSSR count). The summed E-state index contributed by atoms with van der Waals surface area (Å²) in [7, 11) is 0. The normalized spacial score (nSPS) is 9.95. The van der Waals surface area contributed by atoms with Gasteiger partial charge in [-0.25, -0.2) is 24.0 Å². The molecule has 188 valence electrons. The van der Waals surface area contributed by atoms with Crippen LogP contribution in [0.25, 0.3) is 6.08 Å². The maximum atomic E-state index is 12.5. The molecular formula is C27H20O10. The van der Waals surface area contributed by atoms with Crippen molar-refractivity contribution in [1.29, 1.82) is 0 Å². The van der Waals surface area contributed by atoms with E-state index in [1.54, 1.807) is 0 Å². The Hall–Kier alpha value is -5.51. The lowest BCUT2D eigenvalue weighted by molar-refractivity contribution is -0.131. The number of benzene rings is 2. The summed E-state index contributed by atoms with van der Waals surface area (Å²) in [4.78, 5) is 58.7. The van der Waals surface area contributed by atoms with Gasteiger partial charge in [0.25, 0.3) is 0 Å². The van der Waals surface area contributed by atoms with Crippen LogP contribution in [0.5, 0.6) is 28.7 Å². The quantitative estimate of drug-likeness (QED) is 0.254. The zero-order valence-electron chi connectivity index (χ0n) is 19.3. The summed E-state index contributed by atoms with van der Waals surface area (Å²) in [6, 6.07) is 7.77. The van der Waals surface area contributed by atoms with Gasteiger partial charge in [0.15, 0.2) is 11.5 Å². The van der Waals surface area contributed by atoms with Gasteiger partial charge < -0.3 is 23.7 Å². The summed E-state index contributed by atoms with van der Waals surface area (Å²) in [5.41, 5.74) is 0.246. The second-order valence-corrected chi connectivity index (χ2v) is 6.56. The van der Waals surface area contributed by atoms with Crippen LogP contribution in [-0.4, -0.2) is 29.8 Å². The molecular weight excluding hydrogens is 484 g/mol. The third-order valence-electron chi connectivity index (χ3n) is 4.03. The smallest absolute Gasteiger partial charge is 0.336 e. The van der Waals surface area contributed by atoms with Crippen LogP contribution in [0, 0.1) is 0 Å². The Labute approximate surface area is 211 Å². The number of hydrogen-bond donors (Lipinski definition) is 0. The Bertz CT molecular complexity index is 1320. The van der Waals surface area contributed by atoms with Crippen LogP contribution in [0.15, 0.2) is 93.1 Å². The van der Waals surface area contributed by atoms with Gasteiger partial charge in [-0.1, -0.05) is 26.3 Å². The summed E-state index contributed by atoms with van der Waals surface area (Å²) < 4.78 is 25.4. The van der Waals surface area contributed by atoms with E-state index in [9.17, 15) is 24.0 Å². The first-order valence-electron chi connectivity index (χ1n) is 10.2. The van der Waals surface area contributed by atoms with E-state index < -0.39 is 29.8 Å². The molecule has 0 atom stereocenters. The van der Waals surface area contributed by atoms with Gasteiger partial charge in [0.2, 0.25) is 0 Å². The fraction of sp³-hybridized carbons (Fsp3) is 0. The lowest BCUT2D eigenvalue weighted by Gasteiger charge is -2.11. The van der Waals surface area contributed by atoms with Gasteiger partial charge in [-0.05, 0) is 30.3 Å². The highest BCUT2D eigenvalue weighted by molar-refractivity contribution is 5.91. The van der Waals surface area contributed by atoms with Gasteiger partial charge in [-0.15, -0.1) is 0 Å². The lowest BCUT2D eigenvalue weighted by atomic mass is 10.1. The van der Waals surface area contributed by atoms with Crippen LogP contribution < -0.4 is 23.7 Å². The molecule has 0 heterocycles. The monoisotopic (exact) mass is 504 g/mol. The first-order chi connectivity index (χ1) is 17.7. The van der Waals surface area contributed by atoms with Gasteiger partial charge in [-0.2, -0.15) is 0 Å². The Morgan fingerprint density at radius 3 is 1.49 bits per heavy atom. The zero-order valence-corrected chi connectivity index (χ0v) is 19.3. The Morgan fingerprint density at radius 1 is 0.514 bits per heavy atom. The molecule has 0 spiro atoms. The van der Waals surface area contributed by atoms with Crippen molar-refractivity contribution in [3.05, 3.63) is 98.7 Å². The Balaban J connectivity index is 2.30. The van der Waals surface area contributed by atoms with E-state index in [1.165, 1.54) is 36.4 Å². The van der Waals surface area contributed by atoms with E-state index in [-0.39, 0.29) is 34.3 Å². The maximum absolute atomic E-state index is 12.5. The highest BCUT2D eigenvalue weighted by atomic mass is 16.6. The van der Waals surface area contributed by atoms with Crippen molar-refractivity contribution in [2.75, 3.05) is 0 Å². The summed E-state index contributed by atoms with van der Waals surface area (Å²) in [5.74, 6) is -4.44. The average Bonchev–Trinajstić information content (AvgIpc) is 2.89.